The Bertz CT molecular complexity index is 1630. The van der Waals surface area contributed by atoms with Crippen molar-refractivity contribution in [3.8, 4) is 0 Å². The van der Waals surface area contributed by atoms with Gasteiger partial charge in [-0.25, -0.2) is 22.5 Å². The van der Waals surface area contributed by atoms with E-state index in [0.717, 1.165) is 22.5 Å². The SMILES string of the molecule is C[Si](C)(C)CCOCN(c1ccc(F)c(C(=O)c2cn(COCC[Si](C)(C)C)c3ncccc23)c1F)S(=O)(=O)N1CC[C@@H](F)C1. The van der Waals surface area contributed by atoms with Crippen molar-refractivity contribution >= 4 is 48.9 Å². The number of rotatable bonds is 15. The average Bonchev–Trinajstić information content (AvgIpc) is 3.55. The zero-order valence-corrected chi connectivity index (χ0v) is 29.6. The number of hydrogen-bond acceptors (Lipinski definition) is 6. The van der Waals surface area contributed by atoms with Crippen molar-refractivity contribution in [2.45, 2.75) is 70.7 Å². The number of nitrogens with zero attached hydrogens (tertiary/aromatic N) is 4. The van der Waals surface area contributed by atoms with Gasteiger partial charge in [0.25, 0.3) is 0 Å². The van der Waals surface area contributed by atoms with Crippen molar-refractivity contribution in [1.29, 1.82) is 0 Å². The van der Waals surface area contributed by atoms with Crippen LogP contribution in [0.5, 0.6) is 0 Å². The summed E-state index contributed by atoms with van der Waals surface area (Å²) in [5, 5.41) is 0.366. The van der Waals surface area contributed by atoms with Crippen LogP contribution in [0.25, 0.3) is 11.0 Å². The number of alkyl halides is 1. The molecule has 0 unspecified atom stereocenters. The molecule has 15 heteroatoms. The van der Waals surface area contributed by atoms with Gasteiger partial charge in [-0.3, -0.25) is 4.79 Å². The molecule has 0 bridgehead atoms. The minimum absolute atomic E-state index is 0.000850. The number of pyridine rings is 1. The molecule has 248 valence electrons. The third kappa shape index (κ3) is 8.62. The molecule has 9 nitrogen and oxygen atoms in total. The maximum Gasteiger partial charge on any atom is 0.306 e. The predicted octanol–water partition coefficient (Wildman–Crippen LogP) is 6.27. The van der Waals surface area contributed by atoms with Gasteiger partial charge in [-0.1, -0.05) is 39.3 Å². The van der Waals surface area contributed by atoms with Crippen molar-refractivity contribution in [3.63, 3.8) is 0 Å². The van der Waals surface area contributed by atoms with E-state index in [9.17, 15) is 17.6 Å². The summed E-state index contributed by atoms with van der Waals surface area (Å²) in [4.78, 5) is 18.2. The molecule has 1 fully saturated rings. The van der Waals surface area contributed by atoms with Crippen LogP contribution in [0.4, 0.5) is 18.9 Å². The third-order valence-electron chi connectivity index (χ3n) is 7.57. The van der Waals surface area contributed by atoms with E-state index in [1.165, 1.54) is 6.20 Å². The van der Waals surface area contributed by atoms with Crippen molar-refractivity contribution in [2.75, 3.05) is 37.3 Å². The summed E-state index contributed by atoms with van der Waals surface area (Å²) in [6.45, 7) is 12.8. The number of anilines is 1. The number of benzene rings is 1. The lowest BCUT2D eigenvalue weighted by atomic mass is 10.0. The summed E-state index contributed by atoms with van der Waals surface area (Å²) < 4.78 is 87.7. The fourth-order valence-corrected chi connectivity index (χ4v) is 7.92. The summed E-state index contributed by atoms with van der Waals surface area (Å²) in [5.74, 6) is -3.49. The van der Waals surface area contributed by atoms with Gasteiger partial charge in [-0.05, 0) is 42.8 Å². The fraction of sp³-hybridized carbons (Fsp3) is 0.533. The monoisotopic (exact) mass is 684 g/mol. The minimum atomic E-state index is -4.49. The van der Waals surface area contributed by atoms with Crippen molar-refractivity contribution < 1.29 is 35.9 Å². The second-order valence-corrected chi connectivity index (χ2v) is 26.9. The Hall–Kier alpha value is -2.57. The number of carbonyl (C=O) groups is 1. The molecule has 0 radical (unpaired) electrons. The molecule has 0 spiro atoms. The summed E-state index contributed by atoms with van der Waals surface area (Å²) in [6.07, 6.45) is 1.62. The quantitative estimate of drug-likeness (QED) is 0.0812. The highest BCUT2D eigenvalue weighted by Crippen LogP contribution is 2.32. The second kappa shape index (κ2) is 14.1. The van der Waals surface area contributed by atoms with Gasteiger partial charge < -0.3 is 14.0 Å². The average molecular weight is 685 g/mol. The Morgan fingerprint density at radius 1 is 1.04 bits per heavy atom. The second-order valence-electron chi connectivity index (χ2n) is 13.8. The van der Waals surface area contributed by atoms with E-state index in [4.69, 9.17) is 9.47 Å². The molecular weight excluding hydrogens is 642 g/mol. The molecule has 1 aromatic carbocycles. The smallest absolute Gasteiger partial charge is 0.306 e. The van der Waals surface area contributed by atoms with E-state index in [1.54, 1.807) is 22.9 Å². The number of hydrogen-bond donors (Lipinski definition) is 0. The number of halogens is 3. The molecule has 4 rings (SSSR count). The van der Waals surface area contributed by atoms with Crippen LogP contribution in [-0.2, 0) is 26.4 Å². The van der Waals surface area contributed by atoms with Gasteiger partial charge in [0, 0.05) is 60.2 Å². The highest BCUT2D eigenvalue weighted by Gasteiger charge is 2.38. The van der Waals surface area contributed by atoms with E-state index in [0.29, 0.717) is 28.0 Å². The predicted molar refractivity (Wildman–Crippen MR) is 175 cm³/mol. The molecule has 1 aliphatic heterocycles. The minimum Gasteiger partial charge on any atom is -0.361 e. The number of fused-ring (bicyclic) bond motifs is 1. The number of ether oxygens (including phenoxy) is 2. The first-order valence-electron chi connectivity index (χ1n) is 15.0. The Kier molecular flexibility index (Phi) is 11.0. The van der Waals surface area contributed by atoms with E-state index >= 15 is 8.78 Å². The molecular formula is C30H43F3N4O5SSi2. The van der Waals surface area contributed by atoms with Crippen molar-refractivity contribution in [3.05, 3.63) is 59.4 Å². The van der Waals surface area contributed by atoms with Crippen LogP contribution >= 0.6 is 0 Å². The summed E-state index contributed by atoms with van der Waals surface area (Å²) >= 11 is 0. The first-order valence-corrected chi connectivity index (χ1v) is 23.8. The Morgan fingerprint density at radius 2 is 1.71 bits per heavy atom. The molecule has 0 amide bonds. The van der Waals surface area contributed by atoms with Crippen LogP contribution in [0.3, 0.4) is 0 Å². The molecule has 45 heavy (non-hydrogen) atoms. The van der Waals surface area contributed by atoms with Crippen LogP contribution in [0.2, 0.25) is 51.4 Å². The fourth-order valence-electron chi connectivity index (χ4n) is 4.84. The van der Waals surface area contributed by atoms with Crippen LogP contribution in [-0.4, -0.2) is 83.4 Å². The molecule has 2 aromatic heterocycles. The molecule has 1 atom stereocenters. The van der Waals surface area contributed by atoms with Crippen LogP contribution < -0.4 is 4.31 Å². The lowest BCUT2D eigenvalue weighted by Crippen LogP contribution is -2.45. The van der Waals surface area contributed by atoms with E-state index in [1.807, 2.05) is 0 Å². The highest BCUT2D eigenvalue weighted by molar-refractivity contribution is 7.90. The maximum atomic E-state index is 16.3. The zero-order valence-electron chi connectivity index (χ0n) is 26.8. The van der Waals surface area contributed by atoms with Gasteiger partial charge in [0.15, 0.2) is 5.82 Å². The van der Waals surface area contributed by atoms with Gasteiger partial charge in [0.1, 0.15) is 31.1 Å². The lowest BCUT2D eigenvalue weighted by molar-refractivity contribution is 0.0896. The molecule has 1 aliphatic rings. The lowest BCUT2D eigenvalue weighted by Gasteiger charge is -2.29. The van der Waals surface area contributed by atoms with Gasteiger partial charge in [-0.15, -0.1) is 0 Å². The molecule has 0 aliphatic carbocycles. The first-order chi connectivity index (χ1) is 21.0. The van der Waals surface area contributed by atoms with Crippen molar-refractivity contribution in [2.24, 2.45) is 0 Å². The normalized spacial score (nSPS) is 16.5. The zero-order chi connectivity index (χ0) is 33.2. The van der Waals surface area contributed by atoms with Gasteiger partial charge in [0.05, 0.1) is 16.8 Å². The number of carbonyl (C=O) groups excluding carboxylic acids is 1. The molecule has 0 saturated carbocycles. The van der Waals surface area contributed by atoms with E-state index in [2.05, 4.69) is 44.3 Å². The van der Waals surface area contributed by atoms with Gasteiger partial charge in [0.2, 0.25) is 5.78 Å². The number of ketones is 1. The molecule has 0 N–H and O–H groups in total. The molecule has 1 saturated heterocycles. The number of aromatic nitrogens is 2. The van der Waals surface area contributed by atoms with Crippen LogP contribution in [0.15, 0.2) is 36.7 Å². The van der Waals surface area contributed by atoms with Crippen molar-refractivity contribution in [1.82, 2.24) is 13.9 Å². The standard InChI is InChI=1S/C30H43F3N4O5SSi2/c1-44(2,3)16-14-41-20-35-19-24(23-8-7-12-34-30(23)35)29(38)27-25(32)9-10-26(28(27)33)37(21-42-15-17-45(4,5)6)43(39,40)36-13-11-22(31)18-36/h7-10,12,19,22H,11,13-18,20-21H2,1-6H3/t22-/m1/s1. The summed E-state index contributed by atoms with van der Waals surface area (Å²) in [6, 6.07) is 6.69. The summed E-state index contributed by atoms with van der Waals surface area (Å²) in [5.41, 5.74) is -1.09. The van der Waals surface area contributed by atoms with Crippen LogP contribution in [0.1, 0.15) is 22.3 Å². The van der Waals surface area contributed by atoms with Crippen LogP contribution in [0, 0.1) is 11.6 Å². The Balaban J connectivity index is 1.70. The topological polar surface area (TPSA) is 94.0 Å². The largest absolute Gasteiger partial charge is 0.361 e. The Labute approximate surface area is 265 Å². The first kappa shape index (κ1) is 35.3. The van der Waals surface area contributed by atoms with E-state index < -0.39 is 74.5 Å². The van der Waals surface area contributed by atoms with E-state index in [-0.39, 0.29) is 31.9 Å². The third-order valence-corrected chi connectivity index (χ3v) is 12.8. The highest BCUT2D eigenvalue weighted by atomic mass is 32.2. The molecule has 3 aromatic rings. The molecule has 3 heterocycles. The summed E-state index contributed by atoms with van der Waals surface area (Å²) in [7, 11) is -7.37. The van der Waals surface area contributed by atoms with Gasteiger partial charge in [-0.2, -0.15) is 12.7 Å². The van der Waals surface area contributed by atoms with Gasteiger partial charge >= 0.3 is 10.2 Å². The maximum absolute atomic E-state index is 16.3. The Morgan fingerprint density at radius 3 is 2.33 bits per heavy atom.